The monoisotopic (exact) mass is 465 g/mol. The quantitative estimate of drug-likeness (QED) is 0.374. The lowest BCUT2D eigenvalue weighted by molar-refractivity contribution is -0.114. The van der Waals surface area contributed by atoms with Gasteiger partial charge in [-0.3, -0.25) is 14.2 Å². The zero-order valence-electron chi connectivity index (χ0n) is 17.6. The van der Waals surface area contributed by atoms with Gasteiger partial charge in [-0.25, -0.2) is 4.39 Å². The second kappa shape index (κ2) is 10.1. The van der Waals surface area contributed by atoms with Crippen LogP contribution in [0.3, 0.4) is 0 Å². The number of nitrogens with one attached hydrogen (secondary N) is 2. The lowest BCUT2D eigenvalue weighted by atomic mass is 10.2. The number of hydrogen-bond acceptors (Lipinski definition) is 6. The van der Waals surface area contributed by atoms with E-state index in [0.29, 0.717) is 33.7 Å². The van der Waals surface area contributed by atoms with E-state index in [1.807, 2.05) is 0 Å². The van der Waals surface area contributed by atoms with Gasteiger partial charge in [-0.15, -0.1) is 10.2 Å². The molecule has 2 N–H and O–H groups in total. The molecule has 2 aromatic carbocycles. The molecule has 2 amide bonds. The Kier molecular flexibility index (Phi) is 6.84. The molecular weight excluding hydrogens is 445 g/mol. The standard InChI is InChI=1S/C23H20FN5O3S/c1-15(30)25-16-8-10-17(11-9-16)26-21(31)14-33-23-28-27-22(19-6-2-3-7-20(19)24)29(23)13-18-5-4-12-32-18/h2-12H,13-14H2,1H3,(H,25,30)(H,26,31). The zero-order chi connectivity index (χ0) is 23.2. The van der Waals surface area contributed by atoms with Crippen molar-refractivity contribution in [2.45, 2.75) is 18.6 Å². The molecule has 0 aliphatic heterocycles. The fourth-order valence-electron chi connectivity index (χ4n) is 3.11. The second-order valence-electron chi connectivity index (χ2n) is 7.05. The first kappa shape index (κ1) is 22.3. The molecule has 4 rings (SSSR count). The van der Waals surface area contributed by atoms with Crippen molar-refractivity contribution >= 4 is 35.0 Å². The van der Waals surface area contributed by atoms with Gasteiger partial charge in [0, 0.05) is 18.3 Å². The smallest absolute Gasteiger partial charge is 0.234 e. The number of amides is 2. The Balaban J connectivity index is 1.47. The van der Waals surface area contributed by atoms with Crippen molar-refractivity contribution < 1.29 is 18.4 Å². The maximum absolute atomic E-state index is 14.4. The summed E-state index contributed by atoms with van der Waals surface area (Å²) < 4.78 is 21.6. The predicted octanol–water partition coefficient (Wildman–Crippen LogP) is 4.41. The van der Waals surface area contributed by atoms with Crippen molar-refractivity contribution in [1.82, 2.24) is 14.8 Å². The van der Waals surface area contributed by atoms with Crippen LogP contribution in [0.25, 0.3) is 11.4 Å². The highest BCUT2D eigenvalue weighted by Crippen LogP contribution is 2.27. The summed E-state index contributed by atoms with van der Waals surface area (Å²) in [5.74, 6) is 0.242. The Labute approximate surface area is 193 Å². The van der Waals surface area contributed by atoms with Gasteiger partial charge in [0.05, 0.1) is 24.1 Å². The highest BCUT2D eigenvalue weighted by Gasteiger charge is 2.19. The minimum absolute atomic E-state index is 0.0704. The summed E-state index contributed by atoms with van der Waals surface area (Å²) in [6.45, 7) is 1.72. The van der Waals surface area contributed by atoms with E-state index in [0.717, 1.165) is 0 Å². The number of furan rings is 1. The van der Waals surface area contributed by atoms with Crippen molar-refractivity contribution in [2.24, 2.45) is 0 Å². The highest BCUT2D eigenvalue weighted by molar-refractivity contribution is 7.99. The zero-order valence-corrected chi connectivity index (χ0v) is 18.4. The third-order valence-electron chi connectivity index (χ3n) is 4.55. The van der Waals surface area contributed by atoms with Crippen LogP contribution in [0.5, 0.6) is 0 Å². The van der Waals surface area contributed by atoms with Gasteiger partial charge in [0.1, 0.15) is 11.6 Å². The summed E-state index contributed by atoms with van der Waals surface area (Å²) in [5.41, 5.74) is 1.55. The Morgan fingerprint density at radius 1 is 1.00 bits per heavy atom. The minimum atomic E-state index is -0.414. The number of thioether (sulfide) groups is 1. The van der Waals surface area contributed by atoms with E-state index < -0.39 is 5.82 Å². The molecule has 2 heterocycles. The number of anilines is 2. The maximum atomic E-state index is 14.4. The van der Waals surface area contributed by atoms with Crippen molar-refractivity contribution in [3.63, 3.8) is 0 Å². The van der Waals surface area contributed by atoms with Crippen LogP contribution in [0.4, 0.5) is 15.8 Å². The van der Waals surface area contributed by atoms with E-state index >= 15 is 0 Å². The van der Waals surface area contributed by atoms with Crippen molar-refractivity contribution in [3.8, 4) is 11.4 Å². The molecule has 0 fully saturated rings. The fraction of sp³-hybridized carbons (Fsp3) is 0.130. The molecular formula is C23H20FN5O3S. The van der Waals surface area contributed by atoms with E-state index in [4.69, 9.17) is 4.42 Å². The summed E-state index contributed by atoms with van der Waals surface area (Å²) in [5, 5.41) is 14.3. The van der Waals surface area contributed by atoms with Gasteiger partial charge in [-0.2, -0.15) is 0 Å². The van der Waals surface area contributed by atoms with Gasteiger partial charge in [-0.05, 0) is 48.5 Å². The first-order valence-corrected chi connectivity index (χ1v) is 11.0. The van der Waals surface area contributed by atoms with Gasteiger partial charge in [-0.1, -0.05) is 23.9 Å². The summed E-state index contributed by atoms with van der Waals surface area (Å²) in [6, 6.07) is 16.7. The normalized spacial score (nSPS) is 10.7. The molecule has 0 aliphatic rings. The first-order valence-electron chi connectivity index (χ1n) is 10.0. The van der Waals surface area contributed by atoms with Crippen LogP contribution in [0, 0.1) is 5.82 Å². The molecule has 0 spiro atoms. The van der Waals surface area contributed by atoms with Crippen molar-refractivity contribution in [2.75, 3.05) is 16.4 Å². The average molecular weight is 466 g/mol. The van der Waals surface area contributed by atoms with Crippen LogP contribution in [0.2, 0.25) is 0 Å². The predicted molar refractivity (Wildman–Crippen MR) is 123 cm³/mol. The fourth-order valence-corrected chi connectivity index (χ4v) is 3.84. The van der Waals surface area contributed by atoms with Gasteiger partial charge in [0.15, 0.2) is 11.0 Å². The third-order valence-corrected chi connectivity index (χ3v) is 5.51. The molecule has 0 radical (unpaired) electrons. The summed E-state index contributed by atoms with van der Waals surface area (Å²) in [6.07, 6.45) is 1.56. The minimum Gasteiger partial charge on any atom is -0.467 e. The topological polar surface area (TPSA) is 102 Å². The number of carbonyl (C=O) groups excluding carboxylic acids is 2. The van der Waals surface area contributed by atoms with Crippen LogP contribution < -0.4 is 10.6 Å². The van der Waals surface area contributed by atoms with Gasteiger partial charge < -0.3 is 15.1 Å². The number of nitrogens with zero attached hydrogens (tertiary/aromatic N) is 3. The van der Waals surface area contributed by atoms with E-state index in [2.05, 4.69) is 20.8 Å². The van der Waals surface area contributed by atoms with Crippen LogP contribution in [0.1, 0.15) is 12.7 Å². The largest absolute Gasteiger partial charge is 0.467 e. The van der Waals surface area contributed by atoms with Gasteiger partial charge >= 0.3 is 0 Å². The SMILES string of the molecule is CC(=O)Nc1ccc(NC(=O)CSc2nnc(-c3ccccc3F)n2Cc2ccco2)cc1. The molecule has 10 heteroatoms. The number of benzene rings is 2. The number of aromatic nitrogens is 3. The molecule has 0 atom stereocenters. The third kappa shape index (κ3) is 5.66. The van der Waals surface area contributed by atoms with E-state index in [1.165, 1.54) is 24.8 Å². The molecule has 4 aromatic rings. The molecule has 168 valence electrons. The summed E-state index contributed by atoms with van der Waals surface area (Å²) in [4.78, 5) is 23.6. The number of hydrogen-bond donors (Lipinski definition) is 2. The van der Waals surface area contributed by atoms with Crippen molar-refractivity contribution in [1.29, 1.82) is 0 Å². The number of halogens is 1. The average Bonchev–Trinajstić information content (AvgIpc) is 3.44. The lowest BCUT2D eigenvalue weighted by Gasteiger charge is -2.10. The molecule has 0 unspecified atom stereocenters. The van der Waals surface area contributed by atoms with Crippen LogP contribution in [-0.4, -0.2) is 32.3 Å². The van der Waals surface area contributed by atoms with Crippen LogP contribution in [-0.2, 0) is 16.1 Å². The molecule has 0 aliphatic carbocycles. The first-order chi connectivity index (χ1) is 16.0. The lowest BCUT2D eigenvalue weighted by Crippen LogP contribution is -2.15. The summed E-state index contributed by atoms with van der Waals surface area (Å²) >= 11 is 1.19. The Bertz CT molecular complexity index is 1260. The molecule has 0 saturated carbocycles. The maximum Gasteiger partial charge on any atom is 0.234 e. The molecule has 0 bridgehead atoms. The molecule has 8 nitrogen and oxygen atoms in total. The van der Waals surface area contributed by atoms with Crippen LogP contribution in [0.15, 0.2) is 76.5 Å². The molecule has 33 heavy (non-hydrogen) atoms. The number of rotatable bonds is 8. The highest BCUT2D eigenvalue weighted by atomic mass is 32.2. The number of carbonyl (C=O) groups is 2. The van der Waals surface area contributed by atoms with Crippen molar-refractivity contribution in [3.05, 3.63) is 78.5 Å². The Morgan fingerprint density at radius 2 is 1.73 bits per heavy atom. The van der Waals surface area contributed by atoms with E-state index in [-0.39, 0.29) is 24.1 Å². The van der Waals surface area contributed by atoms with Gasteiger partial charge in [0.25, 0.3) is 0 Å². The van der Waals surface area contributed by atoms with Crippen LogP contribution >= 0.6 is 11.8 Å². The van der Waals surface area contributed by atoms with E-state index in [9.17, 15) is 14.0 Å². The van der Waals surface area contributed by atoms with Gasteiger partial charge in [0.2, 0.25) is 11.8 Å². The Morgan fingerprint density at radius 3 is 2.39 bits per heavy atom. The summed E-state index contributed by atoms with van der Waals surface area (Å²) in [7, 11) is 0. The molecule has 2 aromatic heterocycles. The second-order valence-corrected chi connectivity index (χ2v) is 7.99. The van der Waals surface area contributed by atoms with E-state index in [1.54, 1.807) is 65.4 Å². The molecule has 0 saturated heterocycles. The Hall–Kier alpha value is -3.92.